The van der Waals surface area contributed by atoms with Crippen LogP contribution in [0.25, 0.3) is 0 Å². The smallest absolute Gasteiger partial charge is 0.00390 e. The second kappa shape index (κ2) is 10.6. The first-order valence-corrected chi connectivity index (χ1v) is 8.55. The number of hydrogen-bond donors (Lipinski definition) is 4. The molecule has 8 N–H and O–H groups in total. The van der Waals surface area contributed by atoms with Crippen LogP contribution in [0.1, 0.15) is 57.8 Å². The number of rotatable bonds is 4. The molecule has 0 aromatic carbocycles. The maximum atomic E-state index is 5.76. The van der Waals surface area contributed by atoms with Gasteiger partial charge in [0.25, 0.3) is 0 Å². The second-order valence-corrected chi connectivity index (χ2v) is 6.72. The Morgan fingerprint density at radius 1 is 0.600 bits per heavy atom. The third-order valence-electron chi connectivity index (χ3n) is 5.10. The number of hydrogen-bond acceptors (Lipinski definition) is 4. The minimum absolute atomic E-state index is 0.481. The van der Waals surface area contributed by atoms with Crippen LogP contribution in [-0.4, -0.2) is 25.7 Å². The van der Waals surface area contributed by atoms with Gasteiger partial charge in [0, 0.05) is 6.04 Å². The molecule has 4 nitrogen and oxygen atoms in total. The summed E-state index contributed by atoms with van der Waals surface area (Å²) in [6, 6.07) is 0.481. The summed E-state index contributed by atoms with van der Waals surface area (Å²) in [7, 11) is 0. The first-order valence-electron chi connectivity index (χ1n) is 8.55. The number of nitrogens with two attached hydrogens (primary N) is 4. The lowest BCUT2D eigenvalue weighted by molar-refractivity contribution is 0.285. The fraction of sp³-hybridized carbons (Fsp3) is 1.00. The lowest BCUT2D eigenvalue weighted by Crippen LogP contribution is -2.27. The Morgan fingerprint density at radius 3 is 1.35 bits per heavy atom. The van der Waals surface area contributed by atoms with Gasteiger partial charge in [0.2, 0.25) is 0 Å². The van der Waals surface area contributed by atoms with Gasteiger partial charge in [-0.25, -0.2) is 0 Å². The SMILES string of the molecule is NCC1CCC(CN)CC1.NCCC1CCC(N)CC1. The Labute approximate surface area is 125 Å². The van der Waals surface area contributed by atoms with E-state index in [-0.39, 0.29) is 0 Å². The van der Waals surface area contributed by atoms with E-state index in [9.17, 15) is 0 Å². The lowest BCUT2D eigenvalue weighted by Gasteiger charge is -2.26. The van der Waals surface area contributed by atoms with Gasteiger partial charge in [-0.3, -0.25) is 0 Å². The van der Waals surface area contributed by atoms with Crippen LogP contribution in [0, 0.1) is 17.8 Å². The van der Waals surface area contributed by atoms with Crippen molar-refractivity contribution in [1.82, 2.24) is 0 Å². The van der Waals surface area contributed by atoms with Gasteiger partial charge < -0.3 is 22.9 Å². The van der Waals surface area contributed by atoms with Crippen molar-refractivity contribution >= 4 is 0 Å². The highest BCUT2D eigenvalue weighted by Gasteiger charge is 2.18. The van der Waals surface area contributed by atoms with Gasteiger partial charge in [0.1, 0.15) is 0 Å². The molecular formula is C16H36N4. The van der Waals surface area contributed by atoms with Gasteiger partial charge in [-0.15, -0.1) is 0 Å². The van der Waals surface area contributed by atoms with Gasteiger partial charge >= 0.3 is 0 Å². The molecule has 0 aromatic heterocycles. The molecule has 2 rings (SSSR count). The highest BCUT2D eigenvalue weighted by atomic mass is 14.6. The summed E-state index contributed by atoms with van der Waals surface area (Å²) in [6.45, 7) is 2.59. The minimum Gasteiger partial charge on any atom is -0.330 e. The Balaban J connectivity index is 0.000000200. The van der Waals surface area contributed by atoms with Crippen LogP contribution in [0.4, 0.5) is 0 Å². The monoisotopic (exact) mass is 284 g/mol. The maximum absolute atomic E-state index is 5.76. The fourth-order valence-electron chi connectivity index (χ4n) is 3.42. The van der Waals surface area contributed by atoms with Crippen molar-refractivity contribution in [2.75, 3.05) is 19.6 Å². The van der Waals surface area contributed by atoms with E-state index >= 15 is 0 Å². The Bertz CT molecular complexity index is 207. The third-order valence-corrected chi connectivity index (χ3v) is 5.10. The van der Waals surface area contributed by atoms with E-state index in [1.54, 1.807) is 0 Å². The van der Waals surface area contributed by atoms with Crippen molar-refractivity contribution in [2.45, 2.75) is 63.8 Å². The van der Waals surface area contributed by atoms with Gasteiger partial charge in [0.15, 0.2) is 0 Å². The van der Waals surface area contributed by atoms with E-state index in [0.717, 1.165) is 37.4 Å². The molecule has 0 amide bonds. The Morgan fingerprint density at radius 2 is 1.00 bits per heavy atom. The van der Waals surface area contributed by atoms with Crippen LogP contribution in [-0.2, 0) is 0 Å². The van der Waals surface area contributed by atoms with Crippen LogP contribution in [0.15, 0.2) is 0 Å². The highest BCUT2D eigenvalue weighted by molar-refractivity contribution is 4.74. The van der Waals surface area contributed by atoms with Gasteiger partial charge in [-0.05, 0) is 95.2 Å². The minimum atomic E-state index is 0.481. The van der Waals surface area contributed by atoms with Crippen molar-refractivity contribution in [3.05, 3.63) is 0 Å². The van der Waals surface area contributed by atoms with Crippen molar-refractivity contribution in [1.29, 1.82) is 0 Å². The summed E-state index contributed by atoms with van der Waals surface area (Å²) in [5, 5.41) is 0. The zero-order valence-electron chi connectivity index (χ0n) is 13.1. The summed E-state index contributed by atoms with van der Waals surface area (Å²) in [4.78, 5) is 0. The van der Waals surface area contributed by atoms with Gasteiger partial charge in [0.05, 0.1) is 0 Å². The second-order valence-electron chi connectivity index (χ2n) is 6.72. The molecule has 4 heteroatoms. The molecule has 0 unspecified atom stereocenters. The van der Waals surface area contributed by atoms with E-state index < -0.39 is 0 Å². The molecule has 2 aliphatic rings. The van der Waals surface area contributed by atoms with Crippen LogP contribution in [0.3, 0.4) is 0 Å². The molecule has 2 aliphatic carbocycles. The fourth-order valence-corrected chi connectivity index (χ4v) is 3.42. The first-order chi connectivity index (χ1) is 9.69. The molecule has 0 atom stereocenters. The van der Waals surface area contributed by atoms with Crippen LogP contribution in [0.5, 0.6) is 0 Å². The quantitative estimate of drug-likeness (QED) is 0.629. The van der Waals surface area contributed by atoms with E-state index in [1.807, 2.05) is 0 Å². The molecule has 20 heavy (non-hydrogen) atoms. The van der Waals surface area contributed by atoms with Crippen molar-refractivity contribution in [3.63, 3.8) is 0 Å². The highest BCUT2D eigenvalue weighted by Crippen LogP contribution is 2.27. The molecule has 2 fully saturated rings. The van der Waals surface area contributed by atoms with Crippen molar-refractivity contribution < 1.29 is 0 Å². The molecule has 2 saturated carbocycles. The van der Waals surface area contributed by atoms with E-state index in [2.05, 4.69) is 0 Å². The van der Waals surface area contributed by atoms with E-state index in [1.165, 1.54) is 57.8 Å². The molecule has 0 aromatic rings. The van der Waals surface area contributed by atoms with Gasteiger partial charge in [-0.2, -0.15) is 0 Å². The molecule has 0 saturated heterocycles. The standard InChI is InChI=1S/2C8H18N2/c9-6-5-7-1-3-8(10)4-2-7;9-5-7-1-2-8(6-10)4-3-7/h2*7-8H,1-6,9-10H2. The summed E-state index contributed by atoms with van der Waals surface area (Å²) in [5.74, 6) is 2.47. The summed E-state index contributed by atoms with van der Waals surface area (Å²) in [6.07, 6.45) is 11.5. The maximum Gasteiger partial charge on any atom is 0.00390 e. The predicted molar refractivity (Wildman–Crippen MR) is 87.2 cm³/mol. The molecule has 0 bridgehead atoms. The normalized spacial score (nSPS) is 34.2. The average Bonchev–Trinajstić information content (AvgIpc) is 2.50. The van der Waals surface area contributed by atoms with E-state index in [0.29, 0.717) is 6.04 Å². The Kier molecular flexibility index (Phi) is 9.44. The molecule has 0 spiro atoms. The van der Waals surface area contributed by atoms with Gasteiger partial charge in [-0.1, -0.05) is 0 Å². The Hall–Kier alpha value is -0.160. The summed E-state index contributed by atoms with van der Waals surface area (Å²) in [5.41, 5.74) is 22.3. The molecular weight excluding hydrogens is 248 g/mol. The van der Waals surface area contributed by atoms with E-state index in [4.69, 9.17) is 22.9 Å². The molecule has 120 valence electrons. The molecule has 0 heterocycles. The zero-order valence-corrected chi connectivity index (χ0v) is 13.1. The third kappa shape index (κ3) is 7.02. The largest absolute Gasteiger partial charge is 0.330 e. The lowest BCUT2D eigenvalue weighted by atomic mass is 9.82. The van der Waals surface area contributed by atoms with Crippen LogP contribution in [0.2, 0.25) is 0 Å². The van der Waals surface area contributed by atoms with Crippen LogP contribution < -0.4 is 22.9 Å². The average molecular weight is 284 g/mol. The molecule has 0 radical (unpaired) electrons. The zero-order chi connectivity index (χ0) is 14.8. The summed E-state index contributed by atoms with van der Waals surface area (Å²) >= 11 is 0. The topological polar surface area (TPSA) is 104 Å². The summed E-state index contributed by atoms with van der Waals surface area (Å²) < 4.78 is 0. The van der Waals surface area contributed by atoms with Crippen molar-refractivity contribution in [3.8, 4) is 0 Å². The molecule has 0 aliphatic heterocycles. The van der Waals surface area contributed by atoms with Crippen molar-refractivity contribution in [2.24, 2.45) is 40.7 Å². The van der Waals surface area contributed by atoms with Crippen LogP contribution >= 0.6 is 0 Å². The predicted octanol–water partition coefficient (Wildman–Crippen LogP) is 1.56. The first kappa shape index (κ1) is 17.9.